The Hall–Kier alpha value is -2.08. The maximum absolute atomic E-state index is 13.5. The first kappa shape index (κ1) is 27.5. The van der Waals surface area contributed by atoms with Gasteiger partial charge in [0.15, 0.2) is 27.6 Å². The first-order chi connectivity index (χ1) is 16.9. The van der Waals surface area contributed by atoms with Crippen molar-refractivity contribution in [1.29, 1.82) is 0 Å². The van der Waals surface area contributed by atoms with Crippen molar-refractivity contribution < 1.29 is 27.8 Å². The lowest BCUT2D eigenvalue weighted by Crippen LogP contribution is -2.22. The summed E-state index contributed by atoms with van der Waals surface area (Å²) in [6.45, 7) is 5.24. The Labute approximate surface area is 213 Å². The minimum absolute atomic E-state index is 0.126. The number of imidazole rings is 1. The number of hydrogen-bond acceptors (Lipinski definition) is 10. The van der Waals surface area contributed by atoms with E-state index in [0.29, 0.717) is 35.5 Å². The normalized spacial score (nSPS) is 12.8. The highest BCUT2D eigenvalue weighted by atomic mass is 79.9. The fraction of sp³-hybridized carbons (Fsp3) is 0.500. The number of hydrogen-bond donors (Lipinski definition) is 1. The lowest BCUT2D eigenvalue weighted by Gasteiger charge is -2.26. The van der Waals surface area contributed by atoms with E-state index < -0.39 is 13.4 Å². The molecule has 0 aliphatic heterocycles. The van der Waals surface area contributed by atoms with Gasteiger partial charge in [-0.05, 0) is 35.3 Å². The number of nitrogens with two attached hydrogens (primary N) is 1. The van der Waals surface area contributed by atoms with E-state index in [1.807, 2.05) is 30.3 Å². The second-order valence-corrected chi connectivity index (χ2v) is 10.2. The van der Waals surface area contributed by atoms with Crippen LogP contribution in [0.25, 0.3) is 11.2 Å². The van der Waals surface area contributed by atoms with E-state index >= 15 is 0 Å². The van der Waals surface area contributed by atoms with E-state index in [4.69, 9.17) is 29.0 Å². The van der Waals surface area contributed by atoms with Gasteiger partial charge in [-0.2, -0.15) is 9.97 Å². The van der Waals surface area contributed by atoms with Crippen LogP contribution in [0.5, 0.6) is 6.01 Å². The standard InChI is InChI=1S/C22H31BrN5O6P/c1-4-33-35(29,34-5-2)17(15-16-9-7-6-8-10-16)31-12-11-28-20-18(25-21(28)23)19(24)26-22(27-20)32-14-13-30-3/h6-10,17H,4-5,11-15H2,1-3H3,(H2,24,26,27). The van der Waals surface area contributed by atoms with Crippen LogP contribution in [0.3, 0.4) is 0 Å². The monoisotopic (exact) mass is 571 g/mol. The van der Waals surface area contributed by atoms with Gasteiger partial charge in [0.1, 0.15) is 6.61 Å². The Morgan fingerprint density at radius 1 is 1.06 bits per heavy atom. The molecule has 2 heterocycles. The van der Waals surface area contributed by atoms with Crippen LogP contribution in [0.4, 0.5) is 5.82 Å². The molecule has 0 spiro atoms. The first-order valence-electron chi connectivity index (χ1n) is 11.3. The van der Waals surface area contributed by atoms with E-state index in [0.717, 1.165) is 5.56 Å². The van der Waals surface area contributed by atoms with Crippen molar-refractivity contribution in [2.24, 2.45) is 0 Å². The van der Waals surface area contributed by atoms with Crippen molar-refractivity contribution in [1.82, 2.24) is 19.5 Å². The van der Waals surface area contributed by atoms with Crippen LogP contribution >= 0.6 is 23.5 Å². The van der Waals surface area contributed by atoms with E-state index in [2.05, 4.69) is 30.9 Å². The highest BCUT2D eigenvalue weighted by Gasteiger charge is 2.36. The summed E-state index contributed by atoms with van der Waals surface area (Å²) >= 11 is 3.45. The van der Waals surface area contributed by atoms with Crippen LogP contribution in [-0.4, -0.2) is 65.5 Å². The lowest BCUT2D eigenvalue weighted by atomic mass is 10.2. The number of nitrogens with zero attached hydrogens (tertiary/aromatic N) is 4. The number of methoxy groups -OCH3 is 1. The van der Waals surface area contributed by atoms with Gasteiger partial charge in [-0.1, -0.05) is 30.3 Å². The maximum Gasteiger partial charge on any atom is 0.359 e. The molecule has 35 heavy (non-hydrogen) atoms. The summed E-state index contributed by atoms with van der Waals surface area (Å²) < 4.78 is 43.6. The Morgan fingerprint density at radius 3 is 2.43 bits per heavy atom. The number of halogens is 1. The van der Waals surface area contributed by atoms with E-state index in [-0.39, 0.29) is 38.3 Å². The molecule has 1 atom stereocenters. The smallest absolute Gasteiger partial charge is 0.359 e. The molecule has 2 aromatic heterocycles. The van der Waals surface area contributed by atoms with Crippen molar-refractivity contribution >= 4 is 40.5 Å². The molecule has 0 saturated carbocycles. The number of aromatic nitrogens is 4. The van der Waals surface area contributed by atoms with Crippen LogP contribution in [-0.2, 0) is 36.1 Å². The summed E-state index contributed by atoms with van der Waals surface area (Å²) in [7, 11) is -1.95. The number of anilines is 1. The molecule has 2 N–H and O–H groups in total. The highest BCUT2D eigenvalue weighted by molar-refractivity contribution is 9.10. The van der Waals surface area contributed by atoms with Gasteiger partial charge in [0.05, 0.1) is 33.0 Å². The van der Waals surface area contributed by atoms with Gasteiger partial charge in [-0.3, -0.25) is 4.57 Å². The number of rotatable bonds is 15. The molecule has 3 rings (SSSR count). The molecule has 192 valence electrons. The summed E-state index contributed by atoms with van der Waals surface area (Å²) in [4.78, 5) is 13.0. The van der Waals surface area contributed by atoms with E-state index in [1.165, 1.54) is 0 Å². The predicted molar refractivity (Wildman–Crippen MR) is 136 cm³/mol. The Balaban J connectivity index is 1.80. The topological polar surface area (TPSA) is 133 Å². The quantitative estimate of drug-likeness (QED) is 0.162. The van der Waals surface area contributed by atoms with Gasteiger partial charge in [0.2, 0.25) is 0 Å². The summed E-state index contributed by atoms with van der Waals surface area (Å²) in [5.41, 5.74) is 7.95. The van der Waals surface area contributed by atoms with Gasteiger partial charge >= 0.3 is 13.6 Å². The average Bonchev–Trinajstić information content (AvgIpc) is 3.15. The zero-order valence-electron chi connectivity index (χ0n) is 20.1. The Kier molecular flexibility index (Phi) is 10.4. The molecule has 1 aromatic carbocycles. The fourth-order valence-corrected chi connectivity index (χ4v) is 5.75. The molecular weight excluding hydrogens is 541 g/mol. The minimum atomic E-state index is -3.53. The van der Waals surface area contributed by atoms with Crippen molar-refractivity contribution in [2.75, 3.05) is 45.9 Å². The molecular formula is C22H31BrN5O6P. The third-order valence-corrected chi connectivity index (χ3v) is 7.80. The Morgan fingerprint density at radius 2 is 1.77 bits per heavy atom. The molecule has 0 bridgehead atoms. The summed E-state index contributed by atoms with van der Waals surface area (Å²) in [6.07, 6.45) is 0.372. The van der Waals surface area contributed by atoms with Gasteiger partial charge in [0, 0.05) is 13.5 Å². The van der Waals surface area contributed by atoms with Gasteiger partial charge in [-0.25, -0.2) is 4.98 Å². The molecule has 1 unspecified atom stereocenters. The van der Waals surface area contributed by atoms with Crippen LogP contribution in [0.1, 0.15) is 19.4 Å². The molecule has 0 saturated heterocycles. The molecule has 11 nitrogen and oxygen atoms in total. The zero-order valence-corrected chi connectivity index (χ0v) is 22.5. The van der Waals surface area contributed by atoms with Crippen molar-refractivity contribution in [3.05, 3.63) is 40.6 Å². The average molecular weight is 572 g/mol. The van der Waals surface area contributed by atoms with Crippen LogP contribution < -0.4 is 10.5 Å². The molecule has 0 amide bonds. The zero-order chi connectivity index (χ0) is 25.3. The third-order valence-electron chi connectivity index (χ3n) is 4.92. The molecule has 13 heteroatoms. The molecule has 3 aromatic rings. The van der Waals surface area contributed by atoms with Crippen molar-refractivity contribution in [3.63, 3.8) is 0 Å². The van der Waals surface area contributed by atoms with Gasteiger partial charge < -0.3 is 33.6 Å². The maximum atomic E-state index is 13.5. The molecule has 0 radical (unpaired) electrons. The first-order valence-corrected chi connectivity index (χ1v) is 13.7. The van der Waals surface area contributed by atoms with E-state index in [9.17, 15) is 4.57 Å². The minimum Gasteiger partial charge on any atom is -0.461 e. The second-order valence-electron chi connectivity index (χ2n) is 7.33. The third kappa shape index (κ3) is 7.22. The van der Waals surface area contributed by atoms with Gasteiger partial charge in [-0.15, -0.1) is 0 Å². The molecule has 0 fully saturated rings. The van der Waals surface area contributed by atoms with Crippen LogP contribution in [0.2, 0.25) is 0 Å². The number of nitrogen functional groups attached to an aromatic ring is 1. The summed E-state index contributed by atoms with van der Waals surface area (Å²) in [5.74, 6) is -0.590. The summed E-state index contributed by atoms with van der Waals surface area (Å²) in [6, 6.07) is 9.79. The fourth-order valence-electron chi connectivity index (χ4n) is 3.37. The number of fused-ring (bicyclic) bond motifs is 1. The second kappa shape index (κ2) is 13.3. The number of ether oxygens (including phenoxy) is 3. The highest BCUT2D eigenvalue weighted by Crippen LogP contribution is 2.54. The molecule has 0 aliphatic rings. The van der Waals surface area contributed by atoms with Crippen molar-refractivity contribution in [2.45, 2.75) is 32.7 Å². The number of benzene rings is 1. The summed E-state index contributed by atoms with van der Waals surface area (Å²) in [5, 5.41) is 0. The lowest BCUT2D eigenvalue weighted by molar-refractivity contribution is 0.0655. The Bertz CT molecular complexity index is 1120. The van der Waals surface area contributed by atoms with Gasteiger partial charge in [0.25, 0.3) is 0 Å². The van der Waals surface area contributed by atoms with Crippen molar-refractivity contribution in [3.8, 4) is 6.01 Å². The van der Waals surface area contributed by atoms with Crippen LogP contribution in [0, 0.1) is 0 Å². The predicted octanol–water partition coefficient (Wildman–Crippen LogP) is 4.05. The molecule has 0 aliphatic carbocycles. The SMILES string of the molecule is CCOP(=O)(OCC)C(Cc1ccccc1)OCCn1c(Br)nc2c(N)nc(OCCOC)nc21. The van der Waals surface area contributed by atoms with E-state index in [1.54, 1.807) is 25.5 Å². The largest absolute Gasteiger partial charge is 0.461 e. The van der Waals surface area contributed by atoms with Crippen LogP contribution in [0.15, 0.2) is 35.1 Å².